The number of aromatic nitrogens is 4. The number of thiophene rings is 1. The first-order valence-corrected chi connectivity index (χ1v) is 6.44. The van der Waals surface area contributed by atoms with E-state index in [4.69, 9.17) is 17.3 Å². The lowest BCUT2D eigenvalue weighted by atomic mass is 10.2. The Balaban J connectivity index is 2.19. The lowest BCUT2D eigenvalue weighted by molar-refractivity contribution is 0.793. The Kier molecular flexibility index (Phi) is 2.73. The van der Waals surface area contributed by atoms with Gasteiger partial charge in [0.05, 0.1) is 10.7 Å². The maximum absolute atomic E-state index is 6.16. The fourth-order valence-corrected chi connectivity index (χ4v) is 2.44. The van der Waals surface area contributed by atoms with Crippen LogP contribution in [0.25, 0.3) is 17.1 Å². The predicted octanol–water partition coefficient (Wildman–Crippen LogP) is 2.63. The highest BCUT2D eigenvalue weighted by Gasteiger charge is 2.14. The number of hydrogen-bond acceptors (Lipinski definition) is 5. The predicted molar refractivity (Wildman–Crippen MR) is 71.9 cm³/mol. The van der Waals surface area contributed by atoms with Crippen LogP contribution in [0.3, 0.4) is 0 Å². The maximum atomic E-state index is 6.16. The number of hydrogen-bond donors (Lipinski definition) is 1. The monoisotopic (exact) mass is 277 g/mol. The lowest BCUT2D eigenvalue weighted by Crippen LogP contribution is -1.99. The Morgan fingerprint density at radius 2 is 2.17 bits per heavy atom. The summed E-state index contributed by atoms with van der Waals surface area (Å²) in [6.07, 6.45) is 0. The molecule has 0 bridgehead atoms. The highest BCUT2D eigenvalue weighted by molar-refractivity contribution is 7.08. The molecule has 0 unspecified atom stereocenters. The van der Waals surface area contributed by atoms with Crippen molar-refractivity contribution in [3.05, 3.63) is 40.0 Å². The normalized spacial score (nSPS) is 10.7. The third-order valence-corrected chi connectivity index (χ3v) is 3.45. The number of nitrogens with zero attached hydrogens (tertiary/aromatic N) is 4. The minimum atomic E-state index is 0.565. The summed E-state index contributed by atoms with van der Waals surface area (Å²) >= 11 is 7.73. The van der Waals surface area contributed by atoms with E-state index < -0.39 is 0 Å². The van der Waals surface area contributed by atoms with Gasteiger partial charge in [-0.05, 0) is 40.1 Å². The largest absolute Gasteiger partial charge is 0.399 e. The Morgan fingerprint density at radius 1 is 1.28 bits per heavy atom. The highest BCUT2D eigenvalue weighted by atomic mass is 35.5. The summed E-state index contributed by atoms with van der Waals surface area (Å²) in [5.41, 5.74) is 8.00. The number of halogens is 1. The zero-order valence-electron chi connectivity index (χ0n) is 9.12. The first kappa shape index (κ1) is 11.2. The first-order chi connectivity index (χ1) is 8.75. The van der Waals surface area contributed by atoms with Gasteiger partial charge in [0.25, 0.3) is 0 Å². The van der Waals surface area contributed by atoms with E-state index in [-0.39, 0.29) is 0 Å². The maximum Gasteiger partial charge on any atom is 0.188 e. The summed E-state index contributed by atoms with van der Waals surface area (Å²) in [6, 6.07) is 7.17. The van der Waals surface area contributed by atoms with Gasteiger partial charge < -0.3 is 5.73 Å². The Hall–Kier alpha value is -1.92. The number of rotatable bonds is 2. The third-order valence-electron chi connectivity index (χ3n) is 2.45. The van der Waals surface area contributed by atoms with Crippen molar-refractivity contribution in [2.24, 2.45) is 0 Å². The quantitative estimate of drug-likeness (QED) is 0.731. The minimum Gasteiger partial charge on any atom is -0.399 e. The van der Waals surface area contributed by atoms with E-state index in [2.05, 4.69) is 15.5 Å². The summed E-state index contributed by atoms with van der Waals surface area (Å²) < 4.78 is 1.64. The van der Waals surface area contributed by atoms with Crippen LogP contribution < -0.4 is 5.73 Å². The molecule has 7 heteroatoms. The molecule has 2 aromatic heterocycles. The molecule has 0 fully saturated rings. The smallest absolute Gasteiger partial charge is 0.188 e. The van der Waals surface area contributed by atoms with Crippen LogP contribution in [-0.4, -0.2) is 20.2 Å². The standard InChI is InChI=1S/C11H8ClN5S/c12-10-2-1-7(13)5-9(10)11-14-15-16-17(11)8-3-4-18-6-8/h1-6H,13H2. The van der Waals surface area contributed by atoms with Crippen molar-refractivity contribution in [3.63, 3.8) is 0 Å². The molecule has 3 rings (SSSR count). The SMILES string of the molecule is Nc1ccc(Cl)c(-c2nnnn2-c2ccsc2)c1. The van der Waals surface area contributed by atoms with Crippen LogP contribution in [0, 0.1) is 0 Å². The van der Waals surface area contributed by atoms with E-state index in [0.717, 1.165) is 5.69 Å². The fourth-order valence-electron chi connectivity index (χ4n) is 1.62. The van der Waals surface area contributed by atoms with Gasteiger partial charge in [-0.15, -0.1) is 5.10 Å². The van der Waals surface area contributed by atoms with Gasteiger partial charge in [-0.25, -0.2) is 0 Å². The first-order valence-electron chi connectivity index (χ1n) is 5.12. The van der Waals surface area contributed by atoms with Gasteiger partial charge in [0.2, 0.25) is 0 Å². The highest BCUT2D eigenvalue weighted by Crippen LogP contribution is 2.29. The van der Waals surface area contributed by atoms with Crippen LogP contribution in [0.2, 0.25) is 5.02 Å². The van der Waals surface area contributed by atoms with Crippen LogP contribution >= 0.6 is 22.9 Å². The molecule has 0 amide bonds. The summed E-state index contributed by atoms with van der Waals surface area (Å²) in [5, 5.41) is 16.2. The molecule has 0 aliphatic heterocycles. The van der Waals surface area contributed by atoms with Crippen molar-refractivity contribution in [2.75, 3.05) is 5.73 Å². The van der Waals surface area contributed by atoms with Gasteiger partial charge in [0.1, 0.15) is 0 Å². The molecule has 1 aromatic carbocycles. The molecule has 18 heavy (non-hydrogen) atoms. The van der Waals surface area contributed by atoms with Crippen molar-refractivity contribution < 1.29 is 0 Å². The molecule has 0 saturated carbocycles. The molecule has 2 N–H and O–H groups in total. The molecule has 0 aliphatic rings. The summed E-state index contributed by atoms with van der Waals surface area (Å²) in [7, 11) is 0. The van der Waals surface area contributed by atoms with Gasteiger partial charge >= 0.3 is 0 Å². The summed E-state index contributed by atoms with van der Waals surface area (Å²) in [4.78, 5) is 0. The number of nitrogen functional groups attached to an aromatic ring is 1. The van der Waals surface area contributed by atoms with Gasteiger partial charge in [0, 0.05) is 16.6 Å². The third kappa shape index (κ3) is 1.85. The van der Waals surface area contributed by atoms with E-state index in [0.29, 0.717) is 22.1 Å². The van der Waals surface area contributed by atoms with Gasteiger partial charge in [-0.2, -0.15) is 16.0 Å². The second kappa shape index (κ2) is 4.40. The van der Waals surface area contributed by atoms with Crippen LogP contribution in [0.1, 0.15) is 0 Å². The molecular weight excluding hydrogens is 270 g/mol. The van der Waals surface area contributed by atoms with E-state index >= 15 is 0 Å². The number of nitrogens with two attached hydrogens (primary N) is 1. The zero-order valence-corrected chi connectivity index (χ0v) is 10.7. The van der Waals surface area contributed by atoms with Crippen molar-refractivity contribution in [2.45, 2.75) is 0 Å². The van der Waals surface area contributed by atoms with Crippen molar-refractivity contribution in [1.29, 1.82) is 0 Å². The molecule has 3 aromatic rings. The molecule has 0 saturated heterocycles. The van der Waals surface area contributed by atoms with Crippen LogP contribution in [0.5, 0.6) is 0 Å². The van der Waals surface area contributed by atoms with Crippen LogP contribution in [-0.2, 0) is 0 Å². The molecule has 5 nitrogen and oxygen atoms in total. The minimum absolute atomic E-state index is 0.565. The Morgan fingerprint density at radius 3 is 2.94 bits per heavy atom. The van der Waals surface area contributed by atoms with E-state index in [1.54, 1.807) is 34.2 Å². The second-order valence-corrected chi connectivity index (χ2v) is 4.82. The van der Waals surface area contributed by atoms with Crippen molar-refractivity contribution in [1.82, 2.24) is 20.2 Å². The summed E-state index contributed by atoms with van der Waals surface area (Å²) in [6.45, 7) is 0. The van der Waals surface area contributed by atoms with Crippen LogP contribution in [0.4, 0.5) is 5.69 Å². The topological polar surface area (TPSA) is 69.6 Å². The van der Waals surface area contributed by atoms with Crippen molar-refractivity contribution >= 4 is 28.6 Å². The molecule has 0 spiro atoms. The molecular formula is C11H8ClN5S. The number of benzene rings is 1. The van der Waals surface area contributed by atoms with Gasteiger partial charge in [0.15, 0.2) is 5.82 Å². The molecule has 0 atom stereocenters. The van der Waals surface area contributed by atoms with E-state index in [9.17, 15) is 0 Å². The Bertz CT molecular complexity index is 677. The average molecular weight is 278 g/mol. The molecule has 2 heterocycles. The van der Waals surface area contributed by atoms with Gasteiger partial charge in [-0.3, -0.25) is 0 Å². The second-order valence-electron chi connectivity index (χ2n) is 3.64. The van der Waals surface area contributed by atoms with Gasteiger partial charge in [-0.1, -0.05) is 11.6 Å². The molecule has 0 radical (unpaired) electrons. The van der Waals surface area contributed by atoms with E-state index in [1.807, 2.05) is 16.8 Å². The zero-order chi connectivity index (χ0) is 12.5. The Labute approximate surface area is 112 Å². The number of anilines is 1. The number of tetrazole rings is 1. The van der Waals surface area contributed by atoms with E-state index in [1.165, 1.54) is 0 Å². The summed E-state index contributed by atoms with van der Waals surface area (Å²) in [5.74, 6) is 0.575. The van der Waals surface area contributed by atoms with Crippen molar-refractivity contribution in [3.8, 4) is 17.1 Å². The average Bonchev–Trinajstić information content (AvgIpc) is 3.00. The molecule has 0 aliphatic carbocycles. The lowest BCUT2D eigenvalue weighted by Gasteiger charge is -2.05. The molecule has 90 valence electrons. The fraction of sp³-hybridized carbons (Fsp3) is 0. The van der Waals surface area contributed by atoms with Crippen LogP contribution in [0.15, 0.2) is 35.0 Å².